The van der Waals surface area contributed by atoms with Crippen LogP contribution < -0.4 is 10.0 Å². The van der Waals surface area contributed by atoms with E-state index in [9.17, 15) is 18.0 Å². The van der Waals surface area contributed by atoms with E-state index >= 15 is 0 Å². The van der Waals surface area contributed by atoms with Gasteiger partial charge in [-0.05, 0) is 65.5 Å². The smallest absolute Gasteiger partial charge is 0.339 e. The van der Waals surface area contributed by atoms with E-state index in [0.29, 0.717) is 4.47 Å². The molecule has 0 radical (unpaired) electrons. The van der Waals surface area contributed by atoms with Crippen LogP contribution in [-0.2, 0) is 26.0 Å². The average Bonchev–Trinajstić information content (AvgIpc) is 2.65. The van der Waals surface area contributed by atoms with Crippen molar-refractivity contribution in [1.82, 2.24) is 0 Å². The van der Waals surface area contributed by atoms with Gasteiger partial charge in [0.2, 0.25) is 10.0 Å². The number of esters is 1. The van der Waals surface area contributed by atoms with Gasteiger partial charge in [-0.3, -0.25) is 4.79 Å². The number of anilines is 1. The number of rotatable bonds is 4. The minimum Gasteiger partial charge on any atom is -0.452 e. The fourth-order valence-corrected chi connectivity index (χ4v) is 4.13. The highest BCUT2D eigenvalue weighted by atomic mass is 79.9. The third-order valence-electron chi connectivity index (χ3n) is 4.61. The molecule has 0 aromatic heterocycles. The monoisotopic (exact) mass is 466 g/mol. The van der Waals surface area contributed by atoms with Crippen molar-refractivity contribution in [1.29, 1.82) is 0 Å². The van der Waals surface area contributed by atoms with E-state index in [0.717, 1.165) is 30.2 Å². The first-order valence-electron chi connectivity index (χ1n) is 8.58. The number of carbonyl (C=O) groups is 2. The maximum atomic E-state index is 12.7. The van der Waals surface area contributed by atoms with Gasteiger partial charge in [-0.2, -0.15) is 0 Å². The summed E-state index contributed by atoms with van der Waals surface area (Å²) in [4.78, 5) is 26.6. The Morgan fingerprint density at radius 3 is 2.68 bits per heavy atom. The number of ether oxygens (including phenoxy) is 1. The van der Waals surface area contributed by atoms with Gasteiger partial charge in [0, 0.05) is 16.2 Å². The van der Waals surface area contributed by atoms with Gasteiger partial charge < -0.3 is 9.64 Å². The molecule has 0 saturated carbocycles. The van der Waals surface area contributed by atoms with Crippen LogP contribution in [0.25, 0.3) is 0 Å². The van der Waals surface area contributed by atoms with Gasteiger partial charge in [0.05, 0.1) is 10.5 Å². The average molecular weight is 467 g/mol. The van der Waals surface area contributed by atoms with Gasteiger partial charge in [0.25, 0.3) is 5.91 Å². The normalized spacial score (nSPS) is 16.4. The van der Waals surface area contributed by atoms with Crippen molar-refractivity contribution in [2.24, 2.45) is 5.14 Å². The molecule has 1 aliphatic rings. The molecule has 2 aromatic carbocycles. The highest BCUT2D eigenvalue weighted by Gasteiger charge is 2.29. The largest absolute Gasteiger partial charge is 0.452 e. The van der Waals surface area contributed by atoms with E-state index < -0.39 is 22.6 Å². The van der Waals surface area contributed by atoms with Crippen molar-refractivity contribution >= 4 is 43.5 Å². The van der Waals surface area contributed by atoms with E-state index in [-0.39, 0.29) is 22.4 Å². The summed E-state index contributed by atoms with van der Waals surface area (Å²) in [7, 11) is -3.97. The minimum absolute atomic E-state index is 0.0152. The van der Waals surface area contributed by atoms with Gasteiger partial charge in [0.15, 0.2) is 6.61 Å². The molecule has 28 heavy (non-hydrogen) atoms. The van der Waals surface area contributed by atoms with Crippen molar-refractivity contribution in [2.45, 2.75) is 30.7 Å². The number of para-hydroxylation sites is 1. The Morgan fingerprint density at radius 1 is 1.25 bits per heavy atom. The van der Waals surface area contributed by atoms with Crippen LogP contribution in [0.5, 0.6) is 0 Å². The predicted molar refractivity (Wildman–Crippen MR) is 108 cm³/mol. The Hall–Kier alpha value is -2.23. The number of hydrogen-bond acceptors (Lipinski definition) is 5. The van der Waals surface area contributed by atoms with Crippen LogP contribution in [0.1, 0.15) is 29.3 Å². The molecule has 1 heterocycles. The standard InChI is InChI=1S/C19H19BrN2O5S/c1-12-6-7-13-4-2-3-5-17(13)22(12)18(23)11-27-19(24)15-10-14(28(21,25)26)8-9-16(15)20/h2-5,8-10,12H,6-7,11H2,1H3,(H2,21,25,26). The van der Waals surface area contributed by atoms with Crippen LogP contribution in [0, 0.1) is 0 Å². The third kappa shape index (κ3) is 4.26. The molecule has 1 aliphatic heterocycles. The molecule has 3 rings (SSSR count). The second kappa shape index (κ2) is 8.02. The summed E-state index contributed by atoms with van der Waals surface area (Å²) in [5.74, 6) is -1.16. The SMILES string of the molecule is CC1CCc2ccccc2N1C(=O)COC(=O)c1cc(S(N)(=O)=O)ccc1Br. The molecule has 7 nitrogen and oxygen atoms in total. The zero-order chi connectivity index (χ0) is 20.5. The number of hydrogen-bond donors (Lipinski definition) is 1. The number of benzene rings is 2. The Bertz CT molecular complexity index is 1040. The van der Waals surface area contributed by atoms with Gasteiger partial charge in [-0.1, -0.05) is 18.2 Å². The minimum atomic E-state index is -3.97. The number of nitrogens with zero attached hydrogens (tertiary/aromatic N) is 1. The van der Waals surface area contributed by atoms with Crippen LogP contribution >= 0.6 is 15.9 Å². The molecule has 1 atom stereocenters. The maximum absolute atomic E-state index is 12.7. The van der Waals surface area contributed by atoms with E-state index in [1.807, 2.05) is 31.2 Å². The summed E-state index contributed by atoms with van der Waals surface area (Å²) in [6.45, 7) is 1.49. The number of amides is 1. The summed E-state index contributed by atoms with van der Waals surface area (Å²) in [6.07, 6.45) is 1.70. The first kappa shape index (κ1) is 20.5. The van der Waals surface area contributed by atoms with Gasteiger partial charge in [0.1, 0.15) is 0 Å². The molecule has 0 saturated heterocycles. The Labute approximate surface area is 171 Å². The lowest BCUT2D eigenvalue weighted by Crippen LogP contribution is -2.44. The van der Waals surface area contributed by atoms with Crippen LogP contribution in [-0.4, -0.2) is 32.9 Å². The number of carbonyl (C=O) groups excluding carboxylic acids is 2. The molecule has 0 fully saturated rings. The molecular formula is C19H19BrN2O5S. The molecular weight excluding hydrogens is 448 g/mol. The fraction of sp³-hybridized carbons (Fsp3) is 0.263. The second-order valence-electron chi connectivity index (χ2n) is 6.54. The Kier molecular flexibility index (Phi) is 5.87. The zero-order valence-corrected chi connectivity index (χ0v) is 17.5. The van der Waals surface area contributed by atoms with Gasteiger partial charge >= 0.3 is 5.97 Å². The summed E-state index contributed by atoms with van der Waals surface area (Å²) in [5.41, 5.74) is 1.87. The van der Waals surface area contributed by atoms with Crippen molar-refractivity contribution in [3.05, 3.63) is 58.1 Å². The van der Waals surface area contributed by atoms with Gasteiger partial charge in [-0.25, -0.2) is 18.4 Å². The summed E-state index contributed by atoms with van der Waals surface area (Å²) >= 11 is 3.18. The van der Waals surface area contributed by atoms with E-state index in [2.05, 4.69) is 15.9 Å². The number of nitrogens with two attached hydrogens (primary N) is 1. The Balaban J connectivity index is 1.76. The first-order chi connectivity index (χ1) is 13.2. The van der Waals surface area contributed by atoms with Crippen LogP contribution in [0.3, 0.4) is 0 Å². The summed E-state index contributed by atoms with van der Waals surface area (Å²) < 4.78 is 28.5. The lowest BCUT2D eigenvalue weighted by Gasteiger charge is -2.35. The predicted octanol–water partition coefficient (Wildman–Crippen LogP) is 2.62. The molecule has 0 spiro atoms. The molecule has 1 unspecified atom stereocenters. The highest BCUT2D eigenvalue weighted by molar-refractivity contribution is 9.10. The van der Waals surface area contributed by atoms with E-state index in [1.165, 1.54) is 12.1 Å². The third-order valence-corrected chi connectivity index (χ3v) is 6.21. The molecule has 2 N–H and O–H groups in total. The molecule has 0 bridgehead atoms. The van der Waals surface area contributed by atoms with E-state index in [4.69, 9.17) is 9.88 Å². The topological polar surface area (TPSA) is 107 Å². The maximum Gasteiger partial charge on any atom is 0.339 e. The highest BCUT2D eigenvalue weighted by Crippen LogP contribution is 2.30. The van der Waals surface area contributed by atoms with E-state index in [1.54, 1.807) is 4.90 Å². The Morgan fingerprint density at radius 2 is 1.96 bits per heavy atom. The van der Waals surface area contributed by atoms with Crippen molar-refractivity contribution < 1.29 is 22.7 Å². The van der Waals surface area contributed by atoms with Crippen molar-refractivity contribution in [3.63, 3.8) is 0 Å². The van der Waals surface area contributed by atoms with Crippen molar-refractivity contribution in [3.8, 4) is 0 Å². The number of aryl methyl sites for hydroxylation is 1. The molecule has 2 aromatic rings. The van der Waals surface area contributed by atoms with Crippen molar-refractivity contribution in [2.75, 3.05) is 11.5 Å². The number of primary sulfonamides is 1. The number of fused-ring (bicyclic) bond motifs is 1. The fourth-order valence-electron chi connectivity index (χ4n) is 3.18. The van der Waals surface area contributed by atoms with Crippen LogP contribution in [0.2, 0.25) is 0 Å². The quantitative estimate of drug-likeness (QED) is 0.696. The summed E-state index contributed by atoms with van der Waals surface area (Å²) in [6, 6.07) is 11.4. The van der Waals surface area contributed by atoms with Crippen LogP contribution in [0.15, 0.2) is 51.8 Å². The van der Waals surface area contributed by atoms with Gasteiger partial charge in [-0.15, -0.1) is 0 Å². The molecule has 1 amide bonds. The lowest BCUT2D eigenvalue weighted by molar-refractivity contribution is -0.122. The zero-order valence-electron chi connectivity index (χ0n) is 15.1. The molecule has 9 heteroatoms. The van der Waals surface area contributed by atoms with Crippen LogP contribution in [0.4, 0.5) is 5.69 Å². The summed E-state index contributed by atoms with van der Waals surface area (Å²) in [5, 5.41) is 5.10. The molecule has 0 aliphatic carbocycles. The first-order valence-corrected chi connectivity index (χ1v) is 10.9. The molecule has 148 valence electrons. The lowest BCUT2D eigenvalue weighted by atomic mass is 9.96. The number of halogens is 1. The second-order valence-corrected chi connectivity index (χ2v) is 8.96. The number of sulfonamides is 1.